The van der Waals surface area contributed by atoms with Gasteiger partial charge in [-0.15, -0.1) is 0 Å². The number of anilines is 1. The van der Waals surface area contributed by atoms with Crippen molar-refractivity contribution in [3.63, 3.8) is 0 Å². The zero-order valence-electron chi connectivity index (χ0n) is 16.7. The van der Waals surface area contributed by atoms with E-state index in [0.717, 1.165) is 15.8 Å². The van der Waals surface area contributed by atoms with Gasteiger partial charge in [0.15, 0.2) is 5.13 Å². The number of carbonyl (C=O) groups excluding carboxylic acids is 1. The fourth-order valence-corrected chi connectivity index (χ4v) is 4.27. The number of thiazole rings is 1. The molecular weight excluding hydrogens is 394 g/mol. The van der Waals surface area contributed by atoms with Crippen LogP contribution in [0.15, 0.2) is 30.3 Å². The molecule has 0 saturated heterocycles. The van der Waals surface area contributed by atoms with Crippen LogP contribution in [0.1, 0.15) is 21.5 Å². The van der Waals surface area contributed by atoms with E-state index in [1.165, 1.54) is 16.9 Å². The van der Waals surface area contributed by atoms with Crippen LogP contribution >= 0.6 is 22.9 Å². The van der Waals surface area contributed by atoms with Crippen molar-refractivity contribution in [1.82, 2.24) is 9.88 Å². The summed E-state index contributed by atoms with van der Waals surface area (Å²) in [5.74, 6) is 0.326. The molecule has 1 aromatic heterocycles. The largest absolute Gasteiger partial charge is 0.496 e. The fraction of sp³-hybridized carbons (Fsp3) is 0.333. The maximum absolute atomic E-state index is 13.5. The van der Waals surface area contributed by atoms with Crippen molar-refractivity contribution in [2.45, 2.75) is 13.8 Å². The highest BCUT2D eigenvalue weighted by molar-refractivity contribution is 7.22. The van der Waals surface area contributed by atoms with Crippen LogP contribution in [-0.2, 0) is 0 Å². The second-order valence-corrected chi connectivity index (χ2v) is 8.45. The number of rotatable bonds is 6. The Bertz CT molecular complexity index is 1020. The number of fused-ring (bicyclic) bond motifs is 1. The van der Waals surface area contributed by atoms with Crippen molar-refractivity contribution < 1.29 is 9.53 Å². The van der Waals surface area contributed by atoms with E-state index in [0.29, 0.717) is 34.6 Å². The van der Waals surface area contributed by atoms with Gasteiger partial charge in [-0.3, -0.25) is 9.69 Å². The molecule has 0 aliphatic carbocycles. The van der Waals surface area contributed by atoms with Gasteiger partial charge in [-0.2, -0.15) is 0 Å². The van der Waals surface area contributed by atoms with Crippen LogP contribution in [0, 0.1) is 13.8 Å². The standard InChI is InChI=1S/C21H24ClN3O2S/c1-13-10-14(2)19-17(11-13)23-21(28-19)25(9-8-24(3)4)20(26)16-12-15(22)6-7-18(16)27-5/h6-7,10-12H,8-9H2,1-5H3. The first kappa shape index (κ1) is 20.6. The Kier molecular flexibility index (Phi) is 6.23. The Morgan fingerprint density at radius 2 is 1.93 bits per heavy atom. The maximum Gasteiger partial charge on any atom is 0.263 e. The number of likely N-dealkylation sites (N-methyl/N-ethyl adjacent to an activating group) is 1. The first-order valence-corrected chi connectivity index (χ1v) is 10.2. The molecule has 1 heterocycles. The molecule has 5 nitrogen and oxygen atoms in total. The lowest BCUT2D eigenvalue weighted by molar-refractivity contribution is 0.0982. The molecule has 0 bridgehead atoms. The molecule has 148 valence electrons. The minimum atomic E-state index is -0.172. The molecule has 0 unspecified atom stereocenters. The van der Waals surface area contributed by atoms with Gasteiger partial charge in [-0.05, 0) is 63.3 Å². The van der Waals surface area contributed by atoms with Crippen LogP contribution in [0.25, 0.3) is 10.2 Å². The normalized spacial score (nSPS) is 11.2. The van der Waals surface area contributed by atoms with E-state index in [9.17, 15) is 4.79 Å². The Labute approximate surface area is 174 Å². The summed E-state index contributed by atoms with van der Waals surface area (Å²) in [5.41, 5.74) is 3.67. The molecule has 3 aromatic rings. The van der Waals surface area contributed by atoms with Gasteiger partial charge >= 0.3 is 0 Å². The van der Waals surface area contributed by atoms with Crippen molar-refractivity contribution in [2.75, 3.05) is 39.2 Å². The molecule has 7 heteroatoms. The van der Waals surface area contributed by atoms with E-state index in [-0.39, 0.29) is 5.91 Å². The molecule has 2 aromatic carbocycles. The summed E-state index contributed by atoms with van der Waals surface area (Å²) < 4.78 is 6.49. The number of amides is 1. The van der Waals surface area contributed by atoms with E-state index >= 15 is 0 Å². The zero-order chi connectivity index (χ0) is 20.4. The number of benzene rings is 2. The highest BCUT2D eigenvalue weighted by atomic mass is 35.5. The quantitative estimate of drug-likeness (QED) is 0.578. The molecule has 0 radical (unpaired) electrons. The molecule has 0 N–H and O–H groups in total. The first-order chi connectivity index (χ1) is 13.3. The van der Waals surface area contributed by atoms with Crippen molar-refractivity contribution in [1.29, 1.82) is 0 Å². The summed E-state index contributed by atoms with van der Waals surface area (Å²) in [4.78, 5) is 22.0. The Morgan fingerprint density at radius 3 is 2.61 bits per heavy atom. The van der Waals surface area contributed by atoms with Crippen LogP contribution in [0.5, 0.6) is 5.75 Å². The number of ether oxygens (including phenoxy) is 1. The van der Waals surface area contributed by atoms with Gasteiger partial charge in [0.05, 0.1) is 22.9 Å². The lowest BCUT2D eigenvalue weighted by Gasteiger charge is -2.23. The third-order valence-corrected chi connectivity index (χ3v) is 5.91. The van der Waals surface area contributed by atoms with Crippen molar-refractivity contribution in [2.24, 2.45) is 0 Å². The minimum absolute atomic E-state index is 0.172. The van der Waals surface area contributed by atoms with E-state index in [2.05, 4.69) is 26.0 Å². The van der Waals surface area contributed by atoms with Crippen LogP contribution in [0.3, 0.4) is 0 Å². The van der Waals surface area contributed by atoms with Crippen LogP contribution in [0.2, 0.25) is 5.02 Å². The Balaban J connectivity index is 2.08. The summed E-state index contributed by atoms with van der Waals surface area (Å²) in [5, 5.41) is 1.17. The summed E-state index contributed by atoms with van der Waals surface area (Å²) in [6.45, 7) is 5.35. The zero-order valence-corrected chi connectivity index (χ0v) is 18.3. The van der Waals surface area contributed by atoms with Crippen molar-refractivity contribution in [3.05, 3.63) is 52.0 Å². The molecule has 3 rings (SSSR count). The van der Waals surface area contributed by atoms with Gasteiger partial charge in [0.25, 0.3) is 5.91 Å². The Hall–Kier alpha value is -2.15. The SMILES string of the molecule is COc1ccc(Cl)cc1C(=O)N(CCN(C)C)c1nc2cc(C)cc(C)c2s1. The molecule has 28 heavy (non-hydrogen) atoms. The molecule has 0 aliphatic heterocycles. The van der Waals surface area contributed by atoms with Gasteiger partial charge in [0.2, 0.25) is 0 Å². The molecular formula is C21H24ClN3O2S. The fourth-order valence-electron chi connectivity index (χ4n) is 3.06. The highest BCUT2D eigenvalue weighted by Gasteiger charge is 2.24. The minimum Gasteiger partial charge on any atom is -0.496 e. The Morgan fingerprint density at radius 1 is 1.18 bits per heavy atom. The number of carbonyl (C=O) groups is 1. The van der Waals surface area contributed by atoms with E-state index < -0.39 is 0 Å². The average molecular weight is 418 g/mol. The molecule has 0 aliphatic rings. The number of methoxy groups -OCH3 is 1. The number of hydrogen-bond donors (Lipinski definition) is 0. The summed E-state index contributed by atoms with van der Waals surface area (Å²) >= 11 is 7.69. The highest BCUT2D eigenvalue weighted by Crippen LogP contribution is 2.34. The van der Waals surface area contributed by atoms with Crippen LogP contribution < -0.4 is 9.64 Å². The first-order valence-electron chi connectivity index (χ1n) is 8.98. The smallest absolute Gasteiger partial charge is 0.263 e. The van der Waals surface area contributed by atoms with E-state index in [1.54, 1.807) is 30.2 Å². The predicted molar refractivity (Wildman–Crippen MR) is 117 cm³/mol. The summed E-state index contributed by atoms with van der Waals surface area (Å²) in [7, 11) is 5.51. The maximum atomic E-state index is 13.5. The monoisotopic (exact) mass is 417 g/mol. The number of nitrogens with zero attached hydrogens (tertiary/aromatic N) is 3. The summed E-state index contributed by atoms with van der Waals surface area (Å²) in [6.07, 6.45) is 0. The van der Waals surface area contributed by atoms with E-state index in [1.807, 2.05) is 19.0 Å². The lowest BCUT2D eigenvalue weighted by Crippen LogP contribution is -2.37. The molecule has 0 saturated carbocycles. The third-order valence-electron chi connectivity index (χ3n) is 4.45. The van der Waals surface area contributed by atoms with Gasteiger partial charge in [0, 0.05) is 18.1 Å². The molecule has 1 amide bonds. The van der Waals surface area contributed by atoms with E-state index in [4.69, 9.17) is 21.3 Å². The summed E-state index contributed by atoms with van der Waals surface area (Å²) in [6, 6.07) is 9.26. The van der Waals surface area contributed by atoms with Crippen molar-refractivity contribution in [3.8, 4) is 5.75 Å². The van der Waals surface area contributed by atoms with Crippen LogP contribution in [0.4, 0.5) is 5.13 Å². The van der Waals surface area contributed by atoms with Crippen LogP contribution in [-0.4, -0.2) is 50.1 Å². The number of aromatic nitrogens is 1. The number of hydrogen-bond acceptors (Lipinski definition) is 5. The molecule has 0 atom stereocenters. The van der Waals surface area contributed by atoms with Gasteiger partial charge < -0.3 is 9.64 Å². The second-order valence-electron chi connectivity index (χ2n) is 7.03. The van der Waals surface area contributed by atoms with Crippen molar-refractivity contribution >= 4 is 44.2 Å². The topological polar surface area (TPSA) is 45.7 Å². The third kappa shape index (κ3) is 4.29. The lowest BCUT2D eigenvalue weighted by atomic mass is 10.1. The molecule has 0 fully saturated rings. The van der Waals surface area contributed by atoms with Gasteiger partial charge in [-0.25, -0.2) is 4.98 Å². The average Bonchev–Trinajstić information content (AvgIpc) is 3.05. The van der Waals surface area contributed by atoms with Gasteiger partial charge in [0.1, 0.15) is 5.75 Å². The number of aryl methyl sites for hydroxylation is 2. The molecule has 0 spiro atoms. The second kappa shape index (κ2) is 8.47. The van der Waals surface area contributed by atoms with Gasteiger partial charge in [-0.1, -0.05) is 29.0 Å². The predicted octanol–water partition coefficient (Wildman–Crippen LogP) is 4.78. The number of halogens is 1.